The number of carbonyl (C=O) groups is 5. The van der Waals surface area contributed by atoms with Crippen molar-refractivity contribution in [1.29, 1.82) is 0 Å². The summed E-state index contributed by atoms with van der Waals surface area (Å²) in [7, 11) is 0. The van der Waals surface area contributed by atoms with Gasteiger partial charge >= 0.3 is 11.9 Å². The van der Waals surface area contributed by atoms with Crippen LogP contribution in [0.15, 0.2) is 12.5 Å². The fraction of sp³-hybridized carbons (Fsp3) is 0.467. The number of H-pyrrole nitrogens is 1. The van der Waals surface area contributed by atoms with Crippen molar-refractivity contribution in [3.8, 4) is 0 Å². The zero-order valence-electron chi connectivity index (χ0n) is 15.0. The molecule has 0 bridgehead atoms. The van der Waals surface area contributed by atoms with Gasteiger partial charge < -0.3 is 36.9 Å². The Balaban J connectivity index is 2.92. The first-order valence-corrected chi connectivity index (χ1v) is 8.15. The molecule has 13 heteroatoms. The van der Waals surface area contributed by atoms with E-state index in [1.165, 1.54) is 19.4 Å². The predicted octanol–water partition coefficient (Wildman–Crippen LogP) is -3.06. The quantitative estimate of drug-likeness (QED) is 0.201. The molecule has 1 aromatic rings. The molecule has 154 valence electrons. The van der Waals surface area contributed by atoms with Crippen molar-refractivity contribution in [1.82, 2.24) is 25.9 Å². The Morgan fingerprint density at radius 3 is 2.21 bits per heavy atom. The molecule has 0 aromatic carbocycles. The monoisotopic (exact) mass is 398 g/mol. The number of nitrogens with one attached hydrogen (secondary N) is 4. The fourth-order valence-corrected chi connectivity index (χ4v) is 2.07. The molecule has 8 N–H and O–H groups in total. The van der Waals surface area contributed by atoms with Gasteiger partial charge in [0.2, 0.25) is 17.7 Å². The molecule has 3 amide bonds. The van der Waals surface area contributed by atoms with Crippen LogP contribution in [0.25, 0.3) is 0 Å². The number of aromatic amines is 1. The van der Waals surface area contributed by atoms with Gasteiger partial charge in [0.25, 0.3) is 0 Å². The van der Waals surface area contributed by atoms with Crippen LogP contribution >= 0.6 is 0 Å². The minimum atomic E-state index is -1.54. The van der Waals surface area contributed by atoms with E-state index in [1.807, 2.05) is 5.32 Å². The number of aliphatic carboxylic acids is 2. The minimum Gasteiger partial charge on any atom is -0.481 e. The van der Waals surface area contributed by atoms with Gasteiger partial charge in [0.1, 0.15) is 18.6 Å². The van der Waals surface area contributed by atoms with Crippen LogP contribution in [0.3, 0.4) is 0 Å². The molecule has 13 nitrogen and oxygen atoms in total. The summed E-state index contributed by atoms with van der Waals surface area (Å²) in [6.45, 7) is 0.664. The summed E-state index contributed by atoms with van der Waals surface area (Å²) in [5, 5.41) is 24.2. The lowest BCUT2D eigenvalue weighted by Crippen LogP contribution is -2.56. The number of aromatic nitrogens is 2. The van der Waals surface area contributed by atoms with Gasteiger partial charge in [-0.25, -0.2) is 4.98 Å². The average Bonchev–Trinajstić information content (AvgIpc) is 3.10. The van der Waals surface area contributed by atoms with Crippen LogP contribution in [0.2, 0.25) is 0 Å². The van der Waals surface area contributed by atoms with Crippen LogP contribution in [0.4, 0.5) is 0 Å². The number of nitrogens with two attached hydrogens (primary N) is 1. The molecule has 0 fully saturated rings. The first-order chi connectivity index (χ1) is 13.1. The zero-order chi connectivity index (χ0) is 21.3. The summed E-state index contributed by atoms with van der Waals surface area (Å²) in [6.07, 6.45) is 1.98. The van der Waals surface area contributed by atoms with Gasteiger partial charge in [0.05, 0.1) is 18.8 Å². The summed E-state index contributed by atoms with van der Waals surface area (Å²) in [4.78, 5) is 64.5. The lowest BCUT2D eigenvalue weighted by atomic mass is 10.1. The molecule has 3 atom stereocenters. The van der Waals surface area contributed by atoms with Gasteiger partial charge in [-0.2, -0.15) is 0 Å². The van der Waals surface area contributed by atoms with Crippen LogP contribution in [-0.4, -0.2) is 74.5 Å². The Morgan fingerprint density at radius 2 is 1.71 bits per heavy atom. The normalized spacial score (nSPS) is 13.6. The molecule has 0 aliphatic rings. The van der Waals surface area contributed by atoms with Crippen LogP contribution in [0.1, 0.15) is 19.0 Å². The smallest absolute Gasteiger partial charge is 0.322 e. The Kier molecular flexibility index (Phi) is 8.55. The molecule has 1 rings (SSSR count). The standard InChI is InChI=1S/C15H22N6O7/c1-7(16)13(26)20-9(2-8-4-17-6-19-8)15(28)21-10(3-11(22)23)14(27)18-5-12(24)25/h4,6-7,9-10H,2-3,5,16H2,1H3,(H,17,19)(H,18,27)(H,20,26)(H,21,28)(H,22,23)(H,24,25). The van der Waals surface area contributed by atoms with Crippen molar-refractivity contribution in [3.05, 3.63) is 18.2 Å². The summed E-state index contributed by atoms with van der Waals surface area (Å²) in [5.41, 5.74) is 5.98. The van der Waals surface area contributed by atoms with E-state index in [9.17, 15) is 24.0 Å². The molecular formula is C15H22N6O7. The number of imidazole rings is 1. The fourth-order valence-electron chi connectivity index (χ4n) is 2.07. The van der Waals surface area contributed by atoms with E-state index < -0.39 is 60.8 Å². The first kappa shape index (κ1) is 22.6. The average molecular weight is 398 g/mol. The van der Waals surface area contributed by atoms with Gasteiger partial charge in [-0.05, 0) is 6.92 Å². The highest BCUT2D eigenvalue weighted by Crippen LogP contribution is 2.02. The lowest BCUT2D eigenvalue weighted by Gasteiger charge is -2.22. The Bertz CT molecular complexity index is 718. The molecular weight excluding hydrogens is 376 g/mol. The van der Waals surface area contributed by atoms with Gasteiger partial charge in [0.15, 0.2) is 0 Å². The van der Waals surface area contributed by atoms with E-state index in [0.29, 0.717) is 5.69 Å². The van der Waals surface area contributed by atoms with Gasteiger partial charge in [-0.1, -0.05) is 0 Å². The molecule has 3 unspecified atom stereocenters. The Hall–Kier alpha value is -3.48. The number of carboxylic acids is 2. The van der Waals surface area contributed by atoms with E-state index in [2.05, 4.69) is 20.6 Å². The van der Waals surface area contributed by atoms with E-state index in [-0.39, 0.29) is 6.42 Å². The molecule has 0 aliphatic heterocycles. The first-order valence-electron chi connectivity index (χ1n) is 8.15. The SMILES string of the molecule is CC(N)C(=O)NC(Cc1cnc[nH]1)C(=O)NC(CC(=O)O)C(=O)NCC(=O)O. The van der Waals surface area contributed by atoms with Crippen molar-refractivity contribution in [2.75, 3.05) is 6.54 Å². The molecule has 0 spiro atoms. The zero-order valence-corrected chi connectivity index (χ0v) is 15.0. The maximum absolute atomic E-state index is 12.6. The van der Waals surface area contributed by atoms with Crippen LogP contribution in [-0.2, 0) is 30.4 Å². The van der Waals surface area contributed by atoms with E-state index in [0.717, 1.165) is 0 Å². The third-order valence-electron chi connectivity index (χ3n) is 3.45. The maximum Gasteiger partial charge on any atom is 0.322 e. The number of nitrogens with zero attached hydrogens (tertiary/aromatic N) is 1. The summed E-state index contributed by atoms with van der Waals surface area (Å²) in [6, 6.07) is -3.63. The van der Waals surface area contributed by atoms with Crippen LogP contribution in [0.5, 0.6) is 0 Å². The van der Waals surface area contributed by atoms with Crippen molar-refractivity contribution < 1.29 is 34.2 Å². The van der Waals surface area contributed by atoms with Crippen molar-refractivity contribution in [2.45, 2.75) is 37.9 Å². The number of amides is 3. The third-order valence-corrected chi connectivity index (χ3v) is 3.45. The third kappa shape index (κ3) is 7.82. The summed E-state index contributed by atoms with van der Waals surface area (Å²) >= 11 is 0. The van der Waals surface area contributed by atoms with E-state index in [1.54, 1.807) is 0 Å². The van der Waals surface area contributed by atoms with Gasteiger partial charge in [-0.3, -0.25) is 24.0 Å². The van der Waals surface area contributed by atoms with E-state index in [4.69, 9.17) is 15.9 Å². The second kappa shape index (κ2) is 10.6. The minimum absolute atomic E-state index is 0.0270. The second-order valence-corrected chi connectivity index (χ2v) is 5.90. The summed E-state index contributed by atoms with van der Waals surface area (Å²) < 4.78 is 0. The highest BCUT2D eigenvalue weighted by Gasteiger charge is 2.29. The molecule has 1 heterocycles. The Labute approximate surface area is 159 Å². The number of rotatable bonds is 11. The predicted molar refractivity (Wildman–Crippen MR) is 92.7 cm³/mol. The molecule has 1 aromatic heterocycles. The second-order valence-electron chi connectivity index (χ2n) is 5.90. The van der Waals surface area contributed by atoms with Gasteiger partial charge in [-0.15, -0.1) is 0 Å². The highest BCUT2D eigenvalue weighted by atomic mass is 16.4. The van der Waals surface area contributed by atoms with Crippen LogP contribution in [0, 0.1) is 0 Å². The molecule has 0 aliphatic carbocycles. The topological polar surface area (TPSA) is 217 Å². The molecule has 0 saturated carbocycles. The number of hydrogen-bond donors (Lipinski definition) is 7. The van der Waals surface area contributed by atoms with E-state index >= 15 is 0 Å². The van der Waals surface area contributed by atoms with Crippen LogP contribution < -0.4 is 21.7 Å². The molecule has 28 heavy (non-hydrogen) atoms. The number of carboxylic acid groups (broad SMARTS) is 2. The van der Waals surface area contributed by atoms with Crippen molar-refractivity contribution >= 4 is 29.7 Å². The number of hydrogen-bond acceptors (Lipinski definition) is 7. The van der Waals surface area contributed by atoms with Crippen molar-refractivity contribution in [2.24, 2.45) is 5.73 Å². The lowest BCUT2D eigenvalue weighted by molar-refractivity contribution is -0.141. The number of carbonyl (C=O) groups excluding carboxylic acids is 3. The van der Waals surface area contributed by atoms with Gasteiger partial charge in [0, 0.05) is 18.3 Å². The summed E-state index contributed by atoms with van der Waals surface area (Å²) in [5.74, 6) is -5.20. The Morgan fingerprint density at radius 1 is 1.07 bits per heavy atom. The van der Waals surface area contributed by atoms with Crippen molar-refractivity contribution in [3.63, 3.8) is 0 Å². The maximum atomic E-state index is 12.6. The largest absolute Gasteiger partial charge is 0.481 e. The highest BCUT2D eigenvalue weighted by molar-refractivity contribution is 5.95. The molecule has 0 radical (unpaired) electrons. The molecule has 0 saturated heterocycles.